The van der Waals surface area contributed by atoms with Crippen molar-refractivity contribution in [1.82, 2.24) is 0 Å². The van der Waals surface area contributed by atoms with Crippen LogP contribution in [0.1, 0.15) is 11.1 Å². The van der Waals surface area contributed by atoms with Gasteiger partial charge < -0.3 is 10.5 Å². The van der Waals surface area contributed by atoms with Gasteiger partial charge >= 0.3 is 0 Å². The summed E-state index contributed by atoms with van der Waals surface area (Å²) in [5.74, 6) is -0.0782. The van der Waals surface area contributed by atoms with E-state index in [4.69, 9.17) is 10.5 Å². The first kappa shape index (κ1) is 13.1. The van der Waals surface area contributed by atoms with Gasteiger partial charge in [0.15, 0.2) is 0 Å². The standard InChI is InChI=1S/C16H15F2NO/c17-13-5-6-14(18)12(7-13)9-16(19)8-11-3-1-2-4-15(11)20-10-16/h1-7H,8-10,19H2. The van der Waals surface area contributed by atoms with E-state index in [9.17, 15) is 8.78 Å². The molecule has 0 aromatic heterocycles. The van der Waals surface area contributed by atoms with Crippen molar-refractivity contribution in [3.05, 3.63) is 65.2 Å². The summed E-state index contributed by atoms with van der Waals surface area (Å²) in [6.45, 7) is 0.292. The molecule has 4 heteroatoms. The molecule has 0 radical (unpaired) electrons. The highest BCUT2D eigenvalue weighted by Gasteiger charge is 2.33. The molecule has 1 aliphatic rings. The number of fused-ring (bicyclic) bond motifs is 1. The third-order valence-electron chi connectivity index (χ3n) is 3.58. The fraction of sp³-hybridized carbons (Fsp3) is 0.250. The maximum Gasteiger partial charge on any atom is 0.126 e. The number of halogens is 2. The van der Waals surface area contributed by atoms with Crippen molar-refractivity contribution in [2.45, 2.75) is 18.4 Å². The molecule has 2 aromatic rings. The van der Waals surface area contributed by atoms with Crippen LogP contribution in [-0.2, 0) is 12.8 Å². The van der Waals surface area contributed by atoms with Crippen LogP contribution in [0.4, 0.5) is 8.78 Å². The van der Waals surface area contributed by atoms with Gasteiger partial charge in [0.05, 0.1) is 5.54 Å². The molecule has 0 saturated heterocycles. The molecule has 0 saturated carbocycles. The van der Waals surface area contributed by atoms with E-state index >= 15 is 0 Å². The number of hydrogen-bond acceptors (Lipinski definition) is 2. The second-order valence-corrected chi connectivity index (χ2v) is 5.35. The van der Waals surface area contributed by atoms with Crippen molar-refractivity contribution in [2.75, 3.05) is 6.61 Å². The number of benzene rings is 2. The van der Waals surface area contributed by atoms with E-state index in [1.54, 1.807) is 0 Å². The molecule has 2 nitrogen and oxygen atoms in total. The Balaban J connectivity index is 1.86. The van der Waals surface area contributed by atoms with E-state index in [0.717, 1.165) is 23.4 Å². The van der Waals surface area contributed by atoms with E-state index in [2.05, 4.69) is 0 Å². The quantitative estimate of drug-likeness (QED) is 0.914. The monoisotopic (exact) mass is 275 g/mol. The number of rotatable bonds is 2. The van der Waals surface area contributed by atoms with Crippen LogP contribution >= 0.6 is 0 Å². The molecule has 0 spiro atoms. The van der Waals surface area contributed by atoms with Crippen LogP contribution < -0.4 is 10.5 Å². The molecule has 0 amide bonds. The number of para-hydroxylation sites is 1. The first-order valence-corrected chi connectivity index (χ1v) is 6.49. The topological polar surface area (TPSA) is 35.2 Å². The Kier molecular flexibility index (Phi) is 3.18. The lowest BCUT2D eigenvalue weighted by Gasteiger charge is -2.34. The van der Waals surface area contributed by atoms with Crippen LogP contribution in [0.25, 0.3) is 0 Å². The fourth-order valence-corrected chi connectivity index (χ4v) is 2.61. The van der Waals surface area contributed by atoms with Gasteiger partial charge in [0.1, 0.15) is 24.0 Å². The predicted molar refractivity (Wildman–Crippen MR) is 72.6 cm³/mol. The van der Waals surface area contributed by atoms with Crippen LogP contribution in [0.3, 0.4) is 0 Å². The molecule has 2 aromatic carbocycles. The van der Waals surface area contributed by atoms with Crippen molar-refractivity contribution in [2.24, 2.45) is 5.73 Å². The molecule has 2 N–H and O–H groups in total. The molecule has 104 valence electrons. The molecule has 1 atom stereocenters. The zero-order chi connectivity index (χ0) is 14.2. The first-order chi connectivity index (χ1) is 9.56. The predicted octanol–water partition coefficient (Wildman–Crippen LogP) is 2.84. The van der Waals surface area contributed by atoms with E-state index in [1.165, 1.54) is 6.07 Å². The Bertz CT molecular complexity index is 644. The summed E-state index contributed by atoms with van der Waals surface area (Å²) in [5.41, 5.74) is 6.88. The maximum absolute atomic E-state index is 13.7. The number of hydrogen-bond donors (Lipinski definition) is 1. The lowest BCUT2D eigenvalue weighted by Crippen LogP contribution is -2.51. The number of nitrogens with two attached hydrogens (primary N) is 1. The maximum atomic E-state index is 13.7. The van der Waals surface area contributed by atoms with Gasteiger partial charge in [-0.15, -0.1) is 0 Å². The van der Waals surface area contributed by atoms with Crippen LogP contribution in [0, 0.1) is 11.6 Å². The van der Waals surface area contributed by atoms with Gasteiger partial charge in [0.25, 0.3) is 0 Å². The number of ether oxygens (including phenoxy) is 1. The smallest absolute Gasteiger partial charge is 0.126 e. The third-order valence-corrected chi connectivity index (χ3v) is 3.58. The van der Waals surface area contributed by atoms with Gasteiger partial charge in [0.2, 0.25) is 0 Å². The van der Waals surface area contributed by atoms with Gasteiger partial charge in [-0.1, -0.05) is 18.2 Å². The minimum atomic E-state index is -0.719. The average molecular weight is 275 g/mol. The fourth-order valence-electron chi connectivity index (χ4n) is 2.61. The van der Waals surface area contributed by atoms with Gasteiger partial charge in [-0.25, -0.2) is 8.78 Å². The highest BCUT2D eigenvalue weighted by atomic mass is 19.1. The van der Waals surface area contributed by atoms with Crippen LogP contribution in [0.15, 0.2) is 42.5 Å². The Hall–Kier alpha value is -1.94. The van der Waals surface area contributed by atoms with Crippen LogP contribution in [0.2, 0.25) is 0 Å². The highest BCUT2D eigenvalue weighted by Crippen LogP contribution is 2.30. The molecule has 0 fully saturated rings. The summed E-state index contributed by atoms with van der Waals surface area (Å²) >= 11 is 0. The largest absolute Gasteiger partial charge is 0.491 e. The van der Waals surface area contributed by atoms with Gasteiger partial charge in [0, 0.05) is 0 Å². The summed E-state index contributed by atoms with van der Waals surface area (Å²) in [5, 5.41) is 0. The Morgan fingerprint density at radius 2 is 1.95 bits per heavy atom. The van der Waals surface area contributed by atoms with E-state index in [0.29, 0.717) is 13.0 Å². The summed E-state index contributed by atoms with van der Waals surface area (Å²) in [7, 11) is 0. The minimum Gasteiger partial charge on any atom is -0.491 e. The second kappa shape index (κ2) is 4.87. The van der Waals surface area contributed by atoms with Crippen LogP contribution in [0.5, 0.6) is 5.75 Å². The van der Waals surface area contributed by atoms with Crippen molar-refractivity contribution in [3.63, 3.8) is 0 Å². The Morgan fingerprint density at radius 3 is 2.80 bits per heavy atom. The van der Waals surface area contributed by atoms with Crippen molar-refractivity contribution in [1.29, 1.82) is 0 Å². The van der Waals surface area contributed by atoms with E-state index in [-0.39, 0.29) is 12.0 Å². The molecule has 1 heterocycles. The molecular weight excluding hydrogens is 260 g/mol. The molecule has 1 unspecified atom stereocenters. The van der Waals surface area contributed by atoms with Crippen molar-refractivity contribution < 1.29 is 13.5 Å². The lowest BCUT2D eigenvalue weighted by molar-refractivity contribution is 0.189. The van der Waals surface area contributed by atoms with Crippen molar-refractivity contribution >= 4 is 0 Å². The van der Waals surface area contributed by atoms with Crippen molar-refractivity contribution in [3.8, 4) is 5.75 Å². The molecule has 0 bridgehead atoms. The van der Waals surface area contributed by atoms with Gasteiger partial charge in [-0.2, -0.15) is 0 Å². The molecular formula is C16H15F2NO. The molecule has 0 aliphatic carbocycles. The minimum absolute atomic E-state index is 0.241. The first-order valence-electron chi connectivity index (χ1n) is 6.49. The zero-order valence-electron chi connectivity index (χ0n) is 10.9. The second-order valence-electron chi connectivity index (χ2n) is 5.35. The SMILES string of the molecule is NC1(Cc2cc(F)ccc2F)COc2ccccc2C1. The van der Waals surface area contributed by atoms with Gasteiger partial charge in [-0.05, 0) is 48.2 Å². The Morgan fingerprint density at radius 1 is 1.15 bits per heavy atom. The molecule has 20 heavy (non-hydrogen) atoms. The molecule has 3 rings (SSSR count). The Labute approximate surface area is 116 Å². The summed E-state index contributed by atoms with van der Waals surface area (Å²) < 4.78 is 32.6. The van der Waals surface area contributed by atoms with E-state index in [1.807, 2.05) is 24.3 Å². The lowest BCUT2D eigenvalue weighted by atomic mass is 9.84. The third kappa shape index (κ3) is 2.51. The van der Waals surface area contributed by atoms with Crippen LogP contribution in [-0.4, -0.2) is 12.1 Å². The highest BCUT2D eigenvalue weighted by molar-refractivity contribution is 5.37. The summed E-state index contributed by atoms with van der Waals surface area (Å²) in [6, 6.07) is 11.1. The van der Waals surface area contributed by atoms with E-state index < -0.39 is 17.2 Å². The summed E-state index contributed by atoms with van der Waals surface area (Å²) in [6.07, 6.45) is 0.823. The average Bonchev–Trinajstić information content (AvgIpc) is 2.42. The molecule has 1 aliphatic heterocycles. The normalized spacial score (nSPS) is 21.1. The summed E-state index contributed by atoms with van der Waals surface area (Å²) in [4.78, 5) is 0. The zero-order valence-corrected chi connectivity index (χ0v) is 10.9. The van der Waals surface area contributed by atoms with Gasteiger partial charge in [-0.3, -0.25) is 0 Å².